The maximum Gasteiger partial charge on any atom is 0.224 e. The number of carbonyl (C=O) groups is 1. The monoisotopic (exact) mass is 283 g/mol. The van der Waals surface area contributed by atoms with Crippen molar-refractivity contribution in [1.29, 1.82) is 5.26 Å². The van der Waals surface area contributed by atoms with Gasteiger partial charge in [-0.25, -0.2) is 4.39 Å². The van der Waals surface area contributed by atoms with Gasteiger partial charge in [-0.2, -0.15) is 5.26 Å². The SMILES string of the molecule is N#Cc1ccc(NC(=O)CCc2cccc(N)c2)c(F)c1. The number of nitrogens with zero attached hydrogens (tertiary/aromatic N) is 1. The molecule has 106 valence electrons. The van der Waals surface area contributed by atoms with E-state index in [0.717, 1.165) is 11.6 Å². The van der Waals surface area contributed by atoms with Crippen molar-refractivity contribution in [1.82, 2.24) is 0 Å². The fourth-order valence-electron chi connectivity index (χ4n) is 1.91. The maximum atomic E-state index is 13.6. The Hall–Kier alpha value is -2.87. The van der Waals surface area contributed by atoms with Crippen LogP contribution in [0.2, 0.25) is 0 Å². The summed E-state index contributed by atoms with van der Waals surface area (Å²) >= 11 is 0. The molecule has 0 aliphatic rings. The van der Waals surface area contributed by atoms with Crippen molar-refractivity contribution in [2.24, 2.45) is 0 Å². The summed E-state index contributed by atoms with van der Waals surface area (Å²) < 4.78 is 13.6. The van der Waals surface area contributed by atoms with E-state index in [-0.39, 0.29) is 23.6 Å². The summed E-state index contributed by atoms with van der Waals surface area (Å²) in [5.74, 6) is -0.910. The van der Waals surface area contributed by atoms with Gasteiger partial charge in [0.1, 0.15) is 5.82 Å². The zero-order valence-electron chi connectivity index (χ0n) is 11.3. The van der Waals surface area contributed by atoms with Crippen LogP contribution in [0.3, 0.4) is 0 Å². The standard InChI is InChI=1S/C16H14FN3O/c17-14-9-12(10-18)4-6-15(14)20-16(21)7-5-11-2-1-3-13(19)8-11/h1-4,6,8-9H,5,7,19H2,(H,20,21). The predicted octanol–water partition coefficient (Wildman–Crippen LogP) is 2.85. The first-order valence-electron chi connectivity index (χ1n) is 6.42. The third-order valence-corrected chi connectivity index (χ3v) is 2.96. The fraction of sp³-hybridized carbons (Fsp3) is 0.125. The molecule has 0 fully saturated rings. The third kappa shape index (κ3) is 4.05. The van der Waals surface area contributed by atoms with E-state index in [2.05, 4.69) is 5.32 Å². The number of nitrogens with two attached hydrogens (primary N) is 1. The molecule has 0 saturated carbocycles. The van der Waals surface area contributed by atoms with Crippen molar-refractivity contribution >= 4 is 17.3 Å². The average Bonchev–Trinajstić information content (AvgIpc) is 2.47. The molecule has 0 aliphatic carbocycles. The highest BCUT2D eigenvalue weighted by Crippen LogP contribution is 2.16. The van der Waals surface area contributed by atoms with Gasteiger partial charge in [0.05, 0.1) is 17.3 Å². The lowest BCUT2D eigenvalue weighted by Crippen LogP contribution is -2.13. The molecule has 0 bridgehead atoms. The molecule has 5 heteroatoms. The molecule has 0 saturated heterocycles. The molecule has 0 aromatic heterocycles. The van der Waals surface area contributed by atoms with E-state index in [1.54, 1.807) is 12.1 Å². The van der Waals surface area contributed by atoms with Crippen LogP contribution in [0, 0.1) is 17.1 Å². The van der Waals surface area contributed by atoms with Crippen molar-refractivity contribution in [3.63, 3.8) is 0 Å². The number of amides is 1. The first kappa shape index (κ1) is 14.5. The second-order valence-electron chi connectivity index (χ2n) is 4.60. The zero-order valence-corrected chi connectivity index (χ0v) is 11.3. The molecule has 2 aromatic carbocycles. The van der Waals surface area contributed by atoms with Crippen LogP contribution in [0.25, 0.3) is 0 Å². The molecule has 0 unspecified atom stereocenters. The largest absolute Gasteiger partial charge is 0.399 e. The van der Waals surface area contributed by atoms with Gasteiger partial charge in [-0.05, 0) is 42.3 Å². The highest BCUT2D eigenvalue weighted by Gasteiger charge is 2.08. The molecule has 0 atom stereocenters. The Kier molecular flexibility index (Phi) is 4.52. The normalized spacial score (nSPS) is 9.90. The van der Waals surface area contributed by atoms with Gasteiger partial charge >= 0.3 is 0 Å². The summed E-state index contributed by atoms with van der Waals surface area (Å²) in [6, 6.07) is 13.0. The van der Waals surface area contributed by atoms with Gasteiger partial charge in [0.15, 0.2) is 0 Å². The highest BCUT2D eigenvalue weighted by molar-refractivity contribution is 5.91. The number of nitrogens with one attached hydrogen (secondary N) is 1. The van der Waals surface area contributed by atoms with Gasteiger partial charge in [0.25, 0.3) is 0 Å². The summed E-state index contributed by atoms with van der Waals surface area (Å²) in [6.45, 7) is 0. The Morgan fingerprint density at radius 2 is 2.10 bits per heavy atom. The van der Waals surface area contributed by atoms with Crippen LogP contribution in [0.15, 0.2) is 42.5 Å². The fourth-order valence-corrected chi connectivity index (χ4v) is 1.91. The van der Waals surface area contributed by atoms with Crippen molar-refractivity contribution in [3.05, 3.63) is 59.4 Å². The van der Waals surface area contributed by atoms with Gasteiger partial charge in [-0.1, -0.05) is 12.1 Å². The van der Waals surface area contributed by atoms with E-state index in [1.807, 2.05) is 18.2 Å². The first-order chi connectivity index (χ1) is 10.1. The second-order valence-corrected chi connectivity index (χ2v) is 4.60. The summed E-state index contributed by atoms with van der Waals surface area (Å²) in [5.41, 5.74) is 7.54. The number of halogens is 1. The van der Waals surface area contributed by atoms with Crippen LogP contribution in [-0.4, -0.2) is 5.91 Å². The quantitative estimate of drug-likeness (QED) is 0.847. The zero-order chi connectivity index (χ0) is 15.2. The average molecular weight is 283 g/mol. The van der Waals surface area contributed by atoms with Gasteiger partial charge in [0.2, 0.25) is 5.91 Å². The minimum absolute atomic E-state index is 0.0755. The van der Waals surface area contributed by atoms with Gasteiger partial charge < -0.3 is 11.1 Å². The predicted molar refractivity (Wildman–Crippen MR) is 78.9 cm³/mol. The van der Waals surface area contributed by atoms with Crippen LogP contribution < -0.4 is 11.1 Å². The van der Waals surface area contributed by atoms with Crippen molar-refractivity contribution in [2.45, 2.75) is 12.8 Å². The van der Waals surface area contributed by atoms with Gasteiger partial charge in [0, 0.05) is 12.1 Å². The topological polar surface area (TPSA) is 78.9 Å². The van der Waals surface area contributed by atoms with Crippen LogP contribution in [-0.2, 0) is 11.2 Å². The number of anilines is 2. The summed E-state index contributed by atoms with van der Waals surface area (Å²) in [5, 5.41) is 11.1. The van der Waals surface area contributed by atoms with E-state index in [4.69, 9.17) is 11.0 Å². The second kappa shape index (κ2) is 6.53. The molecule has 0 spiro atoms. The molecule has 0 aliphatic heterocycles. The number of hydrogen-bond donors (Lipinski definition) is 2. The Balaban J connectivity index is 1.95. The smallest absolute Gasteiger partial charge is 0.224 e. The minimum atomic E-state index is -0.619. The number of rotatable bonds is 4. The van der Waals surface area contributed by atoms with Gasteiger partial charge in [-0.3, -0.25) is 4.79 Å². The lowest BCUT2D eigenvalue weighted by molar-refractivity contribution is -0.116. The maximum absolute atomic E-state index is 13.6. The van der Waals surface area contributed by atoms with Crippen LogP contribution in [0.4, 0.5) is 15.8 Å². The molecule has 0 radical (unpaired) electrons. The molecular formula is C16H14FN3O. The number of benzene rings is 2. The van der Waals surface area contributed by atoms with E-state index in [0.29, 0.717) is 12.1 Å². The molecule has 0 heterocycles. The number of carbonyl (C=O) groups excluding carboxylic acids is 1. The van der Waals surface area contributed by atoms with Gasteiger partial charge in [-0.15, -0.1) is 0 Å². The lowest BCUT2D eigenvalue weighted by Gasteiger charge is -2.07. The van der Waals surface area contributed by atoms with Crippen LogP contribution in [0.5, 0.6) is 0 Å². The number of hydrogen-bond acceptors (Lipinski definition) is 3. The number of aryl methyl sites for hydroxylation is 1. The number of nitriles is 1. The molecule has 2 rings (SSSR count). The lowest BCUT2D eigenvalue weighted by atomic mass is 10.1. The van der Waals surface area contributed by atoms with E-state index < -0.39 is 5.82 Å². The molecular weight excluding hydrogens is 269 g/mol. The van der Waals surface area contributed by atoms with E-state index in [1.165, 1.54) is 12.1 Å². The Labute approximate surface area is 122 Å². The van der Waals surface area contributed by atoms with Crippen LogP contribution >= 0.6 is 0 Å². The molecule has 1 amide bonds. The Morgan fingerprint density at radius 1 is 1.29 bits per heavy atom. The number of nitrogen functional groups attached to an aromatic ring is 1. The van der Waals surface area contributed by atoms with Crippen molar-refractivity contribution in [2.75, 3.05) is 11.1 Å². The van der Waals surface area contributed by atoms with E-state index in [9.17, 15) is 9.18 Å². The van der Waals surface area contributed by atoms with Crippen molar-refractivity contribution in [3.8, 4) is 6.07 Å². The van der Waals surface area contributed by atoms with Crippen LogP contribution in [0.1, 0.15) is 17.5 Å². The summed E-state index contributed by atoms with van der Waals surface area (Å²) in [4.78, 5) is 11.8. The first-order valence-corrected chi connectivity index (χ1v) is 6.42. The Bertz CT molecular complexity index is 707. The minimum Gasteiger partial charge on any atom is -0.399 e. The molecule has 3 N–H and O–H groups in total. The molecule has 4 nitrogen and oxygen atoms in total. The van der Waals surface area contributed by atoms with Crippen molar-refractivity contribution < 1.29 is 9.18 Å². The third-order valence-electron chi connectivity index (χ3n) is 2.96. The Morgan fingerprint density at radius 3 is 2.76 bits per heavy atom. The molecule has 21 heavy (non-hydrogen) atoms. The summed E-state index contributed by atoms with van der Waals surface area (Å²) in [6.07, 6.45) is 0.748. The molecule has 2 aromatic rings. The van der Waals surface area contributed by atoms with E-state index >= 15 is 0 Å². The summed E-state index contributed by atoms with van der Waals surface area (Å²) in [7, 11) is 0. The highest BCUT2D eigenvalue weighted by atomic mass is 19.1.